The molecule has 0 saturated heterocycles. The predicted molar refractivity (Wildman–Crippen MR) is 53.7 cm³/mol. The molecule has 0 saturated carbocycles. The Labute approximate surface area is 79.9 Å². The van der Waals surface area contributed by atoms with Gasteiger partial charge in [-0.2, -0.15) is 0 Å². The minimum absolute atomic E-state index is 0.528. The molecular formula is C9H9IO. The highest BCUT2D eigenvalue weighted by Gasteiger charge is 1.99. The molecule has 0 unspecified atom stereocenters. The molecule has 0 aromatic heterocycles. The molecule has 2 heteroatoms. The zero-order valence-corrected chi connectivity index (χ0v) is 8.46. The minimum atomic E-state index is 0.528. The normalized spacial score (nSPS) is 9.64. The average molecular weight is 260 g/mol. The van der Waals surface area contributed by atoms with Crippen molar-refractivity contribution in [2.75, 3.05) is 0 Å². The zero-order valence-electron chi connectivity index (χ0n) is 6.30. The van der Waals surface area contributed by atoms with E-state index < -0.39 is 0 Å². The Kier molecular flexibility index (Phi) is 3.05. The second-order valence-corrected chi connectivity index (χ2v) is 3.50. The summed E-state index contributed by atoms with van der Waals surface area (Å²) in [6.07, 6.45) is 1.47. The summed E-state index contributed by atoms with van der Waals surface area (Å²) in [5, 5.41) is 0. The van der Waals surface area contributed by atoms with E-state index in [1.165, 1.54) is 9.13 Å². The number of carbonyl (C=O) groups is 1. The molecule has 0 radical (unpaired) electrons. The van der Waals surface area contributed by atoms with Crippen LogP contribution in [0.1, 0.15) is 11.1 Å². The van der Waals surface area contributed by atoms with Crippen LogP contribution in [0, 0.1) is 10.5 Å². The number of carbonyl (C=O) groups excluding carboxylic acids is 1. The van der Waals surface area contributed by atoms with Crippen molar-refractivity contribution < 1.29 is 4.79 Å². The van der Waals surface area contributed by atoms with Gasteiger partial charge in [0.05, 0.1) is 0 Å². The van der Waals surface area contributed by atoms with Gasteiger partial charge in [-0.25, -0.2) is 0 Å². The van der Waals surface area contributed by atoms with E-state index >= 15 is 0 Å². The minimum Gasteiger partial charge on any atom is -0.303 e. The summed E-state index contributed by atoms with van der Waals surface area (Å²) in [6.45, 7) is 2.05. The lowest BCUT2D eigenvalue weighted by Crippen LogP contribution is -1.91. The van der Waals surface area contributed by atoms with Crippen molar-refractivity contribution >= 4 is 28.9 Å². The fourth-order valence-corrected chi connectivity index (χ4v) is 1.54. The summed E-state index contributed by atoms with van der Waals surface area (Å²) in [7, 11) is 0. The second-order valence-electron chi connectivity index (χ2n) is 2.42. The molecule has 0 heterocycles. The van der Waals surface area contributed by atoms with Gasteiger partial charge in [0.1, 0.15) is 6.29 Å². The van der Waals surface area contributed by atoms with Gasteiger partial charge in [-0.3, -0.25) is 0 Å². The van der Waals surface area contributed by atoms with Gasteiger partial charge in [-0.15, -0.1) is 0 Å². The zero-order chi connectivity index (χ0) is 8.27. The Morgan fingerprint density at radius 3 is 2.91 bits per heavy atom. The third-order valence-electron chi connectivity index (χ3n) is 1.58. The predicted octanol–water partition coefficient (Wildman–Crippen LogP) is 2.34. The number of aryl methyl sites for hydroxylation is 1. The first-order valence-corrected chi connectivity index (χ1v) is 4.51. The maximum atomic E-state index is 10.2. The van der Waals surface area contributed by atoms with Gasteiger partial charge < -0.3 is 4.79 Å². The van der Waals surface area contributed by atoms with Crippen molar-refractivity contribution in [2.45, 2.75) is 13.3 Å². The van der Waals surface area contributed by atoms with Crippen molar-refractivity contribution in [2.24, 2.45) is 0 Å². The number of hydrogen-bond donors (Lipinski definition) is 0. The number of aldehydes is 1. The summed E-state index contributed by atoms with van der Waals surface area (Å²) >= 11 is 2.27. The van der Waals surface area contributed by atoms with Crippen LogP contribution in [0.25, 0.3) is 0 Å². The quantitative estimate of drug-likeness (QED) is 0.589. The Morgan fingerprint density at radius 1 is 1.55 bits per heavy atom. The van der Waals surface area contributed by atoms with Gasteiger partial charge in [0.2, 0.25) is 0 Å². The number of rotatable bonds is 2. The SMILES string of the molecule is Cc1cccc(CC=O)c1I. The van der Waals surface area contributed by atoms with Gasteiger partial charge >= 0.3 is 0 Å². The Bertz CT molecular complexity index is 268. The first kappa shape index (κ1) is 8.71. The second kappa shape index (κ2) is 3.85. The molecule has 11 heavy (non-hydrogen) atoms. The van der Waals surface area contributed by atoms with Crippen molar-refractivity contribution in [3.8, 4) is 0 Å². The number of benzene rings is 1. The van der Waals surface area contributed by atoms with E-state index in [0.717, 1.165) is 11.8 Å². The molecular weight excluding hydrogens is 251 g/mol. The largest absolute Gasteiger partial charge is 0.303 e. The fraction of sp³-hybridized carbons (Fsp3) is 0.222. The summed E-state index contributed by atoms with van der Waals surface area (Å²) in [4.78, 5) is 10.2. The van der Waals surface area contributed by atoms with Gasteiger partial charge in [-0.05, 0) is 40.6 Å². The van der Waals surface area contributed by atoms with E-state index in [1.54, 1.807) is 0 Å². The monoisotopic (exact) mass is 260 g/mol. The van der Waals surface area contributed by atoms with E-state index in [2.05, 4.69) is 35.6 Å². The topological polar surface area (TPSA) is 17.1 Å². The van der Waals surface area contributed by atoms with Crippen molar-refractivity contribution in [1.82, 2.24) is 0 Å². The van der Waals surface area contributed by atoms with Gasteiger partial charge in [0.25, 0.3) is 0 Å². The summed E-state index contributed by atoms with van der Waals surface area (Å²) < 4.78 is 1.21. The van der Waals surface area contributed by atoms with Crippen LogP contribution in [0.2, 0.25) is 0 Å². The van der Waals surface area contributed by atoms with E-state index in [1.807, 2.05) is 12.1 Å². The van der Waals surface area contributed by atoms with Gasteiger partial charge in [0.15, 0.2) is 0 Å². The molecule has 0 N–H and O–H groups in total. The van der Waals surface area contributed by atoms with Crippen molar-refractivity contribution in [1.29, 1.82) is 0 Å². The molecule has 1 rings (SSSR count). The molecule has 0 aliphatic rings. The van der Waals surface area contributed by atoms with Crippen LogP contribution in [-0.2, 0) is 11.2 Å². The Hall–Kier alpha value is -0.380. The highest BCUT2D eigenvalue weighted by Crippen LogP contribution is 2.16. The third kappa shape index (κ3) is 2.02. The van der Waals surface area contributed by atoms with Crippen LogP contribution >= 0.6 is 22.6 Å². The van der Waals surface area contributed by atoms with E-state index in [4.69, 9.17) is 0 Å². The van der Waals surface area contributed by atoms with Crippen LogP contribution in [0.15, 0.2) is 18.2 Å². The third-order valence-corrected chi connectivity index (χ3v) is 3.12. The maximum Gasteiger partial charge on any atom is 0.124 e. The van der Waals surface area contributed by atoms with E-state index in [-0.39, 0.29) is 0 Å². The molecule has 1 aromatic rings. The summed E-state index contributed by atoms with van der Waals surface area (Å²) in [5.41, 5.74) is 2.37. The molecule has 0 amide bonds. The van der Waals surface area contributed by atoms with Crippen molar-refractivity contribution in [3.05, 3.63) is 32.9 Å². The molecule has 1 nitrogen and oxygen atoms in total. The molecule has 0 fully saturated rings. The highest BCUT2D eigenvalue weighted by atomic mass is 127. The first-order valence-electron chi connectivity index (χ1n) is 3.43. The highest BCUT2D eigenvalue weighted by molar-refractivity contribution is 14.1. The molecule has 0 aliphatic carbocycles. The molecule has 0 spiro atoms. The molecule has 0 bridgehead atoms. The summed E-state index contributed by atoms with van der Waals surface area (Å²) in [6, 6.07) is 6.02. The lowest BCUT2D eigenvalue weighted by Gasteiger charge is -2.02. The lowest BCUT2D eigenvalue weighted by molar-refractivity contribution is -0.107. The van der Waals surface area contributed by atoms with Crippen LogP contribution in [-0.4, -0.2) is 6.29 Å². The number of halogens is 1. The molecule has 0 atom stereocenters. The van der Waals surface area contributed by atoms with Crippen LogP contribution in [0.4, 0.5) is 0 Å². The summed E-state index contributed by atoms with van der Waals surface area (Å²) in [5.74, 6) is 0. The number of hydrogen-bond acceptors (Lipinski definition) is 1. The van der Waals surface area contributed by atoms with Crippen molar-refractivity contribution in [3.63, 3.8) is 0 Å². The van der Waals surface area contributed by atoms with Crippen LogP contribution in [0.3, 0.4) is 0 Å². The van der Waals surface area contributed by atoms with Crippen LogP contribution in [0.5, 0.6) is 0 Å². The average Bonchev–Trinajstić information content (AvgIpc) is 1.99. The fourth-order valence-electron chi connectivity index (χ4n) is 0.956. The molecule has 58 valence electrons. The first-order chi connectivity index (χ1) is 5.25. The van der Waals surface area contributed by atoms with Gasteiger partial charge in [0, 0.05) is 9.99 Å². The molecule has 1 aromatic carbocycles. The Balaban J connectivity index is 3.05. The molecule has 0 aliphatic heterocycles. The van der Waals surface area contributed by atoms with Crippen LogP contribution < -0.4 is 0 Å². The lowest BCUT2D eigenvalue weighted by atomic mass is 10.1. The standard InChI is InChI=1S/C9H9IO/c1-7-3-2-4-8(5-6-11)9(7)10/h2-4,6H,5H2,1H3. The maximum absolute atomic E-state index is 10.2. The smallest absolute Gasteiger partial charge is 0.124 e. The van der Waals surface area contributed by atoms with Gasteiger partial charge in [-0.1, -0.05) is 18.2 Å². The Morgan fingerprint density at radius 2 is 2.27 bits per heavy atom. The van der Waals surface area contributed by atoms with E-state index in [9.17, 15) is 4.79 Å². The van der Waals surface area contributed by atoms with E-state index in [0.29, 0.717) is 6.42 Å².